The topological polar surface area (TPSA) is 32.3 Å². The summed E-state index contributed by atoms with van der Waals surface area (Å²) >= 11 is 3.63. The number of halogens is 1. The Morgan fingerprint density at radius 3 is 3.00 bits per heavy atom. The first-order valence-corrected chi connectivity index (χ1v) is 8.26. The van der Waals surface area contributed by atoms with Crippen LogP contribution < -0.4 is 5.32 Å². The highest BCUT2D eigenvalue weighted by Crippen LogP contribution is 2.35. The Labute approximate surface area is 128 Å². The van der Waals surface area contributed by atoms with Crippen molar-refractivity contribution in [2.45, 2.75) is 44.8 Å². The maximum atomic E-state index is 11.3. The smallest absolute Gasteiger partial charge is 0.137 e. The molecule has 3 nitrogen and oxygen atoms in total. The van der Waals surface area contributed by atoms with Gasteiger partial charge in [-0.1, -0.05) is 22.9 Å². The third-order valence-corrected chi connectivity index (χ3v) is 5.06. The third-order valence-electron chi connectivity index (χ3n) is 4.60. The second-order valence-corrected chi connectivity index (χ2v) is 6.67. The average Bonchev–Trinajstić information content (AvgIpc) is 2.98. The van der Waals surface area contributed by atoms with E-state index in [0.717, 1.165) is 36.8 Å². The number of hydrogen-bond donors (Lipinski definition) is 1. The maximum absolute atomic E-state index is 11.3. The molecule has 2 atom stereocenters. The van der Waals surface area contributed by atoms with Gasteiger partial charge in [0.1, 0.15) is 6.29 Å². The fourth-order valence-corrected chi connectivity index (χ4v) is 4.03. The van der Waals surface area contributed by atoms with Crippen LogP contribution in [0.2, 0.25) is 0 Å². The van der Waals surface area contributed by atoms with Crippen molar-refractivity contribution in [2.24, 2.45) is 0 Å². The lowest BCUT2D eigenvalue weighted by atomic mass is 9.88. The number of fused-ring (bicyclic) bond motifs is 1. The van der Waals surface area contributed by atoms with Crippen molar-refractivity contribution in [2.75, 3.05) is 13.1 Å². The van der Waals surface area contributed by atoms with E-state index in [0.29, 0.717) is 6.04 Å². The molecule has 3 rings (SSSR count). The van der Waals surface area contributed by atoms with Gasteiger partial charge in [0.15, 0.2) is 0 Å². The molecule has 0 bridgehead atoms. The van der Waals surface area contributed by atoms with E-state index < -0.39 is 0 Å². The van der Waals surface area contributed by atoms with Gasteiger partial charge in [0.2, 0.25) is 0 Å². The molecular weight excluding hydrogens is 316 g/mol. The number of nitrogens with zero attached hydrogens (tertiary/aromatic N) is 1. The summed E-state index contributed by atoms with van der Waals surface area (Å²) in [6.07, 6.45) is 4.40. The molecule has 0 aromatic heterocycles. The molecule has 1 aromatic rings. The lowest BCUT2D eigenvalue weighted by molar-refractivity contribution is -0.112. The monoisotopic (exact) mass is 336 g/mol. The van der Waals surface area contributed by atoms with Crippen molar-refractivity contribution in [1.29, 1.82) is 0 Å². The van der Waals surface area contributed by atoms with E-state index in [1.165, 1.54) is 29.5 Å². The number of benzene rings is 1. The highest BCUT2D eigenvalue weighted by Gasteiger charge is 2.29. The summed E-state index contributed by atoms with van der Waals surface area (Å²) in [6.45, 7) is 5.07. The molecule has 0 spiro atoms. The number of carbonyl (C=O) groups is 1. The normalized spacial score (nSPS) is 26.5. The van der Waals surface area contributed by atoms with Crippen molar-refractivity contribution in [3.63, 3.8) is 0 Å². The van der Waals surface area contributed by atoms with E-state index in [1.807, 2.05) is 0 Å². The van der Waals surface area contributed by atoms with Gasteiger partial charge in [0.25, 0.3) is 0 Å². The Kier molecular flexibility index (Phi) is 4.24. The Bertz CT molecular complexity index is 511. The number of aldehydes is 1. The van der Waals surface area contributed by atoms with Gasteiger partial charge in [0.05, 0.1) is 6.04 Å². The Hall–Kier alpha value is -0.710. The zero-order valence-electron chi connectivity index (χ0n) is 11.9. The molecule has 1 N–H and O–H groups in total. The fourth-order valence-electron chi connectivity index (χ4n) is 3.51. The fraction of sp³-hybridized carbons (Fsp3) is 0.562. The molecule has 108 valence electrons. The molecule has 1 aromatic carbocycles. The molecule has 20 heavy (non-hydrogen) atoms. The summed E-state index contributed by atoms with van der Waals surface area (Å²) in [5.74, 6) is 0. The lowest BCUT2D eigenvalue weighted by Gasteiger charge is -2.35. The van der Waals surface area contributed by atoms with Gasteiger partial charge in [-0.15, -0.1) is 0 Å². The van der Waals surface area contributed by atoms with Crippen LogP contribution in [-0.2, 0) is 17.8 Å². The van der Waals surface area contributed by atoms with Crippen LogP contribution in [0.15, 0.2) is 16.6 Å². The molecule has 1 fully saturated rings. The summed E-state index contributed by atoms with van der Waals surface area (Å²) in [5.41, 5.74) is 4.20. The van der Waals surface area contributed by atoms with Gasteiger partial charge < -0.3 is 10.1 Å². The molecule has 2 unspecified atom stereocenters. The Morgan fingerprint density at radius 2 is 2.35 bits per heavy atom. The van der Waals surface area contributed by atoms with E-state index in [9.17, 15) is 4.79 Å². The number of hydrogen-bond acceptors (Lipinski definition) is 3. The lowest BCUT2D eigenvalue weighted by Crippen LogP contribution is -2.42. The van der Waals surface area contributed by atoms with Crippen molar-refractivity contribution in [1.82, 2.24) is 10.2 Å². The molecule has 2 aliphatic rings. The average molecular weight is 337 g/mol. The van der Waals surface area contributed by atoms with Crippen molar-refractivity contribution in [3.8, 4) is 0 Å². The second kappa shape index (κ2) is 5.96. The molecule has 2 aliphatic heterocycles. The van der Waals surface area contributed by atoms with Crippen LogP contribution in [0.1, 0.15) is 42.5 Å². The quantitative estimate of drug-likeness (QED) is 0.861. The summed E-state index contributed by atoms with van der Waals surface area (Å²) in [6, 6.07) is 4.97. The first-order valence-electron chi connectivity index (χ1n) is 7.46. The summed E-state index contributed by atoms with van der Waals surface area (Å²) < 4.78 is 1.13. The molecular formula is C16H21BrN2O. The minimum atomic E-state index is 0.0335. The molecule has 0 aliphatic carbocycles. The maximum Gasteiger partial charge on any atom is 0.137 e. The van der Waals surface area contributed by atoms with Crippen LogP contribution in [0.25, 0.3) is 0 Å². The van der Waals surface area contributed by atoms with E-state index in [1.54, 1.807) is 0 Å². The molecule has 0 radical (unpaired) electrons. The van der Waals surface area contributed by atoms with Crippen LogP contribution >= 0.6 is 15.9 Å². The van der Waals surface area contributed by atoms with Gasteiger partial charge in [0, 0.05) is 17.1 Å². The summed E-state index contributed by atoms with van der Waals surface area (Å²) in [7, 11) is 0. The van der Waals surface area contributed by atoms with Gasteiger partial charge in [-0.05, 0) is 61.2 Å². The zero-order valence-corrected chi connectivity index (χ0v) is 13.4. The first kappa shape index (κ1) is 14.2. The highest BCUT2D eigenvalue weighted by atomic mass is 79.9. The molecule has 4 heteroatoms. The zero-order chi connectivity index (χ0) is 14.1. The Balaban J connectivity index is 2.01. The van der Waals surface area contributed by atoms with Crippen LogP contribution in [0.3, 0.4) is 0 Å². The van der Waals surface area contributed by atoms with Crippen molar-refractivity contribution in [3.05, 3.63) is 33.3 Å². The van der Waals surface area contributed by atoms with Crippen molar-refractivity contribution >= 4 is 22.2 Å². The van der Waals surface area contributed by atoms with Crippen LogP contribution in [0.4, 0.5) is 0 Å². The predicted molar refractivity (Wildman–Crippen MR) is 83.8 cm³/mol. The first-order chi connectivity index (χ1) is 9.72. The minimum Gasteiger partial charge on any atom is -0.310 e. The molecule has 2 heterocycles. The number of carbonyl (C=O) groups excluding carboxylic acids is 1. The van der Waals surface area contributed by atoms with E-state index >= 15 is 0 Å². The number of likely N-dealkylation sites (N-methyl/N-ethyl adjacent to an activating group) is 1. The van der Waals surface area contributed by atoms with Crippen LogP contribution in [-0.4, -0.2) is 30.3 Å². The molecule has 0 saturated carbocycles. The molecule has 1 saturated heterocycles. The van der Waals surface area contributed by atoms with Gasteiger partial charge in [-0.3, -0.25) is 4.90 Å². The van der Waals surface area contributed by atoms with E-state index in [4.69, 9.17) is 0 Å². The van der Waals surface area contributed by atoms with Crippen LogP contribution in [0.5, 0.6) is 0 Å². The van der Waals surface area contributed by atoms with Crippen LogP contribution in [0, 0.1) is 0 Å². The Morgan fingerprint density at radius 1 is 1.50 bits per heavy atom. The number of nitrogens with one attached hydrogen (secondary N) is 1. The SMILES string of the molecule is CCN1Cc2c(cc(Br)cc2C2CCCN2)CC1C=O. The molecule has 0 amide bonds. The van der Waals surface area contributed by atoms with Crippen molar-refractivity contribution < 1.29 is 4.79 Å². The van der Waals surface area contributed by atoms with Gasteiger partial charge in [-0.25, -0.2) is 0 Å². The van der Waals surface area contributed by atoms with E-state index in [2.05, 4.69) is 45.2 Å². The third kappa shape index (κ3) is 2.57. The predicted octanol–water partition coefficient (Wildman–Crippen LogP) is 2.82. The van der Waals surface area contributed by atoms with Gasteiger partial charge >= 0.3 is 0 Å². The summed E-state index contributed by atoms with van der Waals surface area (Å²) in [4.78, 5) is 13.6. The second-order valence-electron chi connectivity index (χ2n) is 5.75. The highest BCUT2D eigenvalue weighted by molar-refractivity contribution is 9.10. The van der Waals surface area contributed by atoms with Gasteiger partial charge in [-0.2, -0.15) is 0 Å². The minimum absolute atomic E-state index is 0.0335. The largest absolute Gasteiger partial charge is 0.310 e. The summed E-state index contributed by atoms with van der Waals surface area (Å²) in [5, 5.41) is 3.60. The standard InChI is InChI=1S/C16H21BrN2O/c1-2-19-9-15-11(7-13(19)10-20)6-12(17)8-14(15)16-4-3-5-18-16/h6,8,10,13,16,18H,2-5,7,9H2,1H3. The number of rotatable bonds is 3. The van der Waals surface area contributed by atoms with E-state index in [-0.39, 0.29) is 6.04 Å².